The van der Waals surface area contributed by atoms with Crippen molar-refractivity contribution >= 4 is 18.3 Å². The summed E-state index contributed by atoms with van der Waals surface area (Å²) in [5, 5.41) is 5.55. The van der Waals surface area contributed by atoms with Crippen molar-refractivity contribution in [2.45, 2.75) is 19.4 Å². The average molecular weight is 279 g/mol. The number of benzene rings is 1. The Hall–Kier alpha value is -1.20. The number of rotatable bonds is 5. The van der Waals surface area contributed by atoms with Gasteiger partial charge in [-0.15, -0.1) is 12.4 Å². The van der Waals surface area contributed by atoms with Gasteiger partial charge in [-0.25, -0.2) is 8.78 Å². The first kappa shape index (κ1) is 16.8. The third-order valence-electron chi connectivity index (χ3n) is 2.50. The summed E-state index contributed by atoms with van der Waals surface area (Å²) in [6.45, 7) is 2.31. The van der Waals surface area contributed by atoms with E-state index < -0.39 is 17.5 Å². The molecule has 0 aliphatic carbocycles. The monoisotopic (exact) mass is 278 g/mol. The molecule has 1 rings (SSSR count). The molecule has 1 aromatic rings. The lowest BCUT2D eigenvalue weighted by Crippen LogP contribution is -2.38. The van der Waals surface area contributed by atoms with Crippen LogP contribution in [0.3, 0.4) is 0 Å². The predicted octanol–water partition coefficient (Wildman–Crippen LogP) is 1.65. The molecule has 2 N–H and O–H groups in total. The SMILES string of the molecule is CNC(C)CNC(=O)Cc1c(F)cccc1F.Cl. The van der Waals surface area contributed by atoms with E-state index in [1.54, 1.807) is 7.05 Å². The van der Waals surface area contributed by atoms with E-state index in [-0.39, 0.29) is 30.4 Å². The number of hydrogen-bond acceptors (Lipinski definition) is 2. The van der Waals surface area contributed by atoms with Gasteiger partial charge in [0.2, 0.25) is 5.91 Å². The minimum absolute atomic E-state index is 0. The molecular weight excluding hydrogens is 262 g/mol. The number of carbonyl (C=O) groups excluding carboxylic acids is 1. The molecule has 0 saturated heterocycles. The maximum Gasteiger partial charge on any atom is 0.224 e. The van der Waals surface area contributed by atoms with Gasteiger partial charge >= 0.3 is 0 Å². The van der Waals surface area contributed by atoms with Crippen LogP contribution >= 0.6 is 12.4 Å². The van der Waals surface area contributed by atoms with Crippen molar-refractivity contribution < 1.29 is 13.6 Å². The van der Waals surface area contributed by atoms with Crippen LogP contribution in [0, 0.1) is 11.6 Å². The van der Waals surface area contributed by atoms with Gasteiger partial charge < -0.3 is 10.6 Å². The summed E-state index contributed by atoms with van der Waals surface area (Å²) in [6.07, 6.45) is -0.283. The largest absolute Gasteiger partial charge is 0.354 e. The van der Waals surface area contributed by atoms with Gasteiger partial charge in [-0.05, 0) is 26.1 Å². The summed E-state index contributed by atoms with van der Waals surface area (Å²) in [4.78, 5) is 11.5. The van der Waals surface area contributed by atoms with Gasteiger partial charge in [0.15, 0.2) is 0 Å². The van der Waals surface area contributed by atoms with E-state index in [0.29, 0.717) is 6.54 Å². The lowest BCUT2D eigenvalue weighted by atomic mass is 10.1. The Morgan fingerprint density at radius 2 is 1.89 bits per heavy atom. The smallest absolute Gasteiger partial charge is 0.224 e. The Balaban J connectivity index is 0.00000289. The summed E-state index contributed by atoms with van der Waals surface area (Å²) >= 11 is 0. The first-order chi connectivity index (χ1) is 8.04. The second-order valence-corrected chi connectivity index (χ2v) is 3.87. The summed E-state index contributed by atoms with van der Waals surface area (Å²) in [7, 11) is 1.77. The molecule has 6 heteroatoms. The van der Waals surface area contributed by atoms with Crippen molar-refractivity contribution in [1.82, 2.24) is 10.6 Å². The molecule has 0 radical (unpaired) electrons. The standard InChI is InChI=1S/C12H16F2N2O.ClH/c1-8(15-2)7-16-12(17)6-9-10(13)4-3-5-11(9)14;/h3-5,8,15H,6-7H2,1-2H3,(H,16,17);1H. The van der Waals surface area contributed by atoms with Gasteiger partial charge in [0.1, 0.15) is 11.6 Å². The molecule has 0 spiro atoms. The maximum atomic E-state index is 13.2. The van der Waals surface area contributed by atoms with E-state index in [2.05, 4.69) is 10.6 Å². The Labute approximate surface area is 111 Å². The fraction of sp³-hybridized carbons (Fsp3) is 0.417. The topological polar surface area (TPSA) is 41.1 Å². The van der Waals surface area contributed by atoms with Crippen LogP contribution in [-0.2, 0) is 11.2 Å². The molecule has 1 aromatic carbocycles. The molecule has 0 bridgehead atoms. The van der Waals surface area contributed by atoms with Crippen LogP contribution in [0.25, 0.3) is 0 Å². The molecule has 1 unspecified atom stereocenters. The number of hydrogen-bond donors (Lipinski definition) is 2. The Morgan fingerprint density at radius 3 is 2.39 bits per heavy atom. The Morgan fingerprint density at radius 1 is 1.33 bits per heavy atom. The molecule has 0 aromatic heterocycles. The molecule has 0 aliphatic rings. The van der Waals surface area contributed by atoms with Crippen molar-refractivity contribution in [1.29, 1.82) is 0 Å². The fourth-order valence-corrected chi connectivity index (χ4v) is 1.29. The lowest BCUT2D eigenvalue weighted by molar-refractivity contribution is -0.120. The molecule has 0 aliphatic heterocycles. The molecule has 0 fully saturated rings. The maximum absolute atomic E-state index is 13.2. The third-order valence-corrected chi connectivity index (χ3v) is 2.50. The predicted molar refractivity (Wildman–Crippen MR) is 68.8 cm³/mol. The molecule has 1 atom stereocenters. The van der Waals surface area contributed by atoms with Gasteiger partial charge in [0.05, 0.1) is 6.42 Å². The van der Waals surface area contributed by atoms with Gasteiger partial charge in [-0.2, -0.15) is 0 Å². The quantitative estimate of drug-likeness (QED) is 0.860. The molecule has 0 saturated carbocycles. The van der Waals surface area contributed by atoms with Crippen molar-refractivity contribution in [3.8, 4) is 0 Å². The summed E-state index contributed by atoms with van der Waals surface area (Å²) in [5.74, 6) is -1.78. The van der Waals surface area contributed by atoms with Crippen LogP contribution < -0.4 is 10.6 Å². The summed E-state index contributed by atoms with van der Waals surface area (Å²) < 4.78 is 26.5. The summed E-state index contributed by atoms with van der Waals surface area (Å²) in [5.41, 5.74) is -0.192. The van der Waals surface area contributed by atoms with E-state index in [0.717, 1.165) is 12.1 Å². The number of amides is 1. The second-order valence-electron chi connectivity index (χ2n) is 3.87. The number of halogens is 3. The molecular formula is C12H17ClF2N2O. The van der Waals surface area contributed by atoms with Crippen molar-refractivity contribution in [3.05, 3.63) is 35.4 Å². The Kier molecular flexibility index (Phi) is 7.47. The first-order valence-electron chi connectivity index (χ1n) is 5.41. The van der Waals surface area contributed by atoms with E-state index in [4.69, 9.17) is 0 Å². The van der Waals surface area contributed by atoms with Crippen LogP contribution in [-0.4, -0.2) is 25.5 Å². The molecule has 1 amide bonds. The zero-order valence-corrected chi connectivity index (χ0v) is 11.1. The molecule has 18 heavy (non-hydrogen) atoms. The minimum atomic E-state index is -0.693. The van der Waals surface area contributed by atoms with Crippen LogP contribution in [0.1, 0.15) is 12.5 Å². The second kappa shape index (κ2) is 8.00. The van der Waals surface area contributed by atoms with Crippen LogP contribution in [0.4, 0.5) is 8.78 Å². The highest BCUT2D eigenvalue weighted by Gasteiger charge is 2.13. The van der Waals surface area contributed by atoms with E-state index in [1.807, 2.05) is 6.92 Å². The number of carbonyl (C=O) groups is 1. The molecule has 102 valence electrons. The van der Waals surface area contributed by atoms with Gasteiger partial charge in [-0.1, -0.05) is 6.07 Å². The van der Waals surface area contributed by atoms with Crippen molar-refractivity contribution in [3.63, 3.8) is 0 Å². The zero-order valence-electron chi connectivity index (χ0n) is 10.3. The minimum Gasteiger partial charge on any atom is -0.354 e. The van der Waals surface area contributed by atoms with Crippen LogP contribution in [0.2, 0.25) is 0 Å². The van der Waals surface area contributed by atoms with E-state index in [9.17, 15) is 13.6 Å². The average Bonchev–Trinajstić information content (AvgIpc) is 2.31. The fourth-order valence-electron chi connectivity index (χ4n) is 1.29. The summed E-state index contributed by atoms with van der Waals surface area (Å²) in [6, 6.07) is 3.67. The zero-order chi connectivity index (χ0) is 12.8. The molecule has 0 heterocycles. The third kappa shape index (κ3) is 4.98. The first-order valence-corrected chi connectivity index (χ1v) is 5.41. The van der Waals surface area contributed by atoms with Gasteiger partial charge in [0, 0.05) is 18.2 Å². The van der Waals surface area contributed by atoms with Gasteiger partial charge in [-0.3, -0.25) is 4.79 Å². The van der Waals surface area contributed by atoms with Gasteiger partial charge in [0.25, 0.3) is 0 Å². The number of nitrogens with one attached hydrogen (secondary N) is 2. The molecule has 3 nitrogen and oxygen atoms in total. The van der Waals surface area contributed by atoms with Crippen LogP contribution in [0.15, 0.2) is 18.2 Å². The van der Waals surface area contributed by atoms with E-state index >= 15 is 0 Å². The highest BCUT2D eigenvalue weighted by molar-refractivity contribution is 5.85. The Bertz CT molecular complexity index is 381. The van der Waals surface area contributed by atoms with E-state index in [1.165, 1.54) is 6.07 Å². The number of likely N-dealkylation sites (N-methyl/N-ethyl adjacent to an activating group) is 1. The normalized spacial score (nSPS) is 11.6. The van der Waals surface area contributed by atoms with Crippen LogP contribution in [0.5, 0.6) is 0 Å². The van der Waals surface area contributed by atoms with Crippen molar-refractivity contribution in [2.24, 2.45) is 0 Å². The van der Waals surface area contributed by atoms with Crippen molar-refractivity contribution in [2.75, 3.05) is 13.6 Å². The lowest BCUT2D eigenvalue weighted by Gasteiger charge is -2.11. The highest BCUT2D eigenvalue weighted by atomic mass is 35.5. The highest BCUT2D eigenvalue weighted by Crippen LogP contribution is 2.12.